The number of carbonyl (C=O) groups is 1. The molecule has 138 valence electrons. The summed E-state index contributed by atoms with van der Waals surface area (Å²) in [4.78, 5) is 19.9. The Kier molecular flexibility index (Phi) is 4.79. The molecular weight excluding hydrogens is 344 g/mol. The van der Waals surface area contributed by atoms with Crippen LogP contribution in [0.5, 0.6) is 5.75 Å². The highest BCUT2D eigenvalue weighted by Gasteiger charge is 2.25. The maximum absolute atomic E-state index is 11.6. The molecule has 2 fully saturated rings. The van der Waals surface area contributed by atoms with E-state index in [0.29, 0.717) is 24.5 Å². The molecule has 3 heterocycles. The smallest absolute Gasteiger partial charge is 0.414 e. The second kappa shape index (κ2) is 7.54. The van der Waals surface area contributed by atoms with Crippen LogP contribution in [0, 0.1) is 11.3 Å². The van der Waals surface area contributed by atoms with Gasteiger partial charge in [0.25, 0.3) is 0 Å². The predicted molar refractivity (Wildman–Crippen MR) is 100.0 cm³/mol. The predicted octanol–water partition coefficient (Wildman–Crippen LogP) is 2.96. The maximum atomic E-state index is 11.6. The molecule has 1 aromatic carbocycles. The third-order valence-corrected chi connectivity index (χ3v) is 4.87. The minimum absolute atomic E-state index is 0.0920. The number of para-hydroxylation sites is 1. The Balaban J connectivity index is 1.35. The Morgan fingerprint density at radius 2 is 1.96 bits per heavy atom. The third-order valence-electron chi connectivity index (χ3n) is 4.87. The lowest BCUT2D eigenvalue weighted by Crippen LogP contribution is -2.38. The van der Waals surface area contributed by atoms with Gasteiger partial charge in [-0.05, 0) is 24.3 Å². The van der Waals surface area contributed by atoms with E-state index in [4.69, 9.17) is 9.47 Å². The van der Waals surface area contributed by atoms with Gasteiger partial charge in [-0.15, -0.1) is 0 Å². The molecule has 0 N–H and O–H groups in total. The molecule has 0 aliphatic carbocycles. The molecule has 0 radical (unpaired) electrons. The summed E-state index contributed by atoms with van der Waals surface area (Å²) in [7, 11) is 0. The number of benzene rings is 1. The first-order chi connectivity index (χ1) is 13.2. The highest BCUT2D eigenvalue weighted by molar-refractivity contribution is 5.89. The summed E-state index contributed by atoms with van der Waals surface area (Å²) in [5.74, 6) is 1.54. The standard InChI is InChI=1S/C20H20N4O3/c21-13-15-3-1-2-4-18(15)27-17-7-9-23(10-8-17)19-6-5-16(14-22-19)24-11-12-26-20(24)25/h1-6,14,17H,7-12H2. The van der Waals surface area contributed by atoms with Gasteiger partial charge in [0.1, 0.15) is 30.3 Å². The maximum Gasteiger partial charge on any atom is 0.414 e. The number of nitrogens with zero attached hydrogens (tertiary/aromatic N) is 4. The van der Waals surface area contributed by atoms with E-state index in [2.05, 4.69) is 16.0 Å². The number of amides is 1. The fraction of sp³-hybridized carbons (Fsp3) is 0.350. The molecule has 2 saturated heterocycles. The molecule has 2 aliphatic heterocycles. The van der Waals surface area contributed by atoms with Gasteiger partial charge in [0.05, 0.1) is 24.0 Å². The molecule has 7 heteroatoms. The SMILES string of the molecule is N#Cc1ccccc1OC1CCN(c2ccc(N3CCOC3=O)cn2)CC1. The van der Waals surface area contributed by atoms with Crippen LogP contribution in [-0.4, -0.2) is 43.4 Å². The number of hydrogen-bond acceptors (Lipinski definition) is 6. The Hall–Kier alpha value is -3.27. The lowest BCUT2D eigenvalue weighted by Gasteiger charge is -2.33. The average molecular weight is 364 g/mol. The number of pyridine rings is 1. The van der Waals surface area contributed by atoms with Crippen molar-refractivity contribution in [1.82, 2.24) is 4.98 Å². The number of anilines is 2. The van der Waals surface area contributed by atoms with Crippen molar-refractivity contribution in [3.63, 3.8) is 0 Å². The summed E-state index contributed by atoms with van der Waals surface area (Å²) < 4.78 is 11.0. The molecule has 2 aromatic rings. The summed E-state index contributed by atoms with van der Waals surface area (Å²) in [6.45, 7) is 2.64. The third kappa shape index (κ3) is 3.65. The molecular formula is C20H20N4O3. The van der Waals surface area contributed by atoms with Crippen molar-refractivity contribution in [3.05, 3.63) is 48.2 Å². The molecule has 1 aromatic heterocycles. The van der Waals surface area contributed by atoms with Gasteiger partial charge in [0.15, 0.2) is 0 Å². The normalized spacial score (nSPS) is 17.5. The Morgan fingerprint density at radius 3 is 2.63 bits per heavy atom. The van der Waals surface area contributed by atoms with Crippen LogP contribution >= 0.6 is 0 Å². The van der Waals surface area contributed by atoms with Gasteiger partial charge in [-0.25, -0.2) is 9.78 Å². The van der Waals surface area contributed by atoms with Gasteiger partial charge < -0.3 is 14.4 Å². The van der Waals surface area contributed by atoms with Crippen LogP contribution in [0.2, 0.25) is 0 Å². The van der Waals surface area contributed by atoms with E-state index in [1.807, 2.05) is 30.3 Å². The van der Waals surface area contributed by atoms with Crippen LogP contribution in [0.15, 0.2) is 42.6 Å². The monoisotopic (exact) mass is 364 g/mol. The fourth-order valence-electron chi connectivity index (χ4n) is 3.40. The summed E-state index contributed by atoms with van der Waals surface area (Å²) in [6.07, 6.45) is 3.21. The van der Waals surface area contributed by atoms with Crippen LogP contribution in [0.25, 0.3) is 0 Å². The number of rotatable bonds is 4. The second-order valence-corrected chi connectivity index (χ2v) is 6.55. The van der Waals surface area contributed by atoms with Crippen molar-refractivity contribution >= 4 is 17.6 Å². The van der Waals surface area contributed by atoms with Crippen LogP contribution in [0.1, 0.15) is 18.4 Å². The molecule has 2 aliphatic rings. The molecule has 27 heavy (non-hydrogen) atoms. The fourth-order valence-corrected chi connectivity index (χ4v) is 3.40. The van der Waals surface area contributed by atoms with Crippen LogP contribution in [0.3, 0.4) is 0 Å². The van der Waals surface area contributed by atoms with Crippen LogP contribution in [-0.2, 0) is 4.74 Å². The van der Waals surface area contributed by atoms with Gasteiger partial charge in [-0.1, -0.05) is 12.1 Å². The number of cyclic esters (lactones) is 1. The lowest BCUT2D eigenvalue weighted by atomic mass is 10.1. The first kappa shape index (κ1) is 17.2. The van der Waals surface area contributed by atoms with E-state index in [1.54, 1.807) is 17.2 Å². The van der Waals surface area contributed by atoms with Crippen molar-refractivity contribution in [2.45, 2.75) is 18.9 Å². The van der Waals surface area contributed by atoms with Crippen molar-refractivity contribution in [2.24, 2.45) is 0 Å². The van der Waals surface area contributed by atoms with Crippen molar-refractivity contribution in [2.75, 3.05) is 36.0 Å². The van der Waals surface area contributed by atoms with Crippen LogP contribution in [0.4, 0.5) is 16.3 Å². The van der Waals surface area contributed by atoms with E-state index in [9.17, 15) is 10.1 Å². The molecule has 4 rings (SSSR count). The van der Waals surface area contributed by atoms with E-state index in [1.165, 1.54) is 0 Å². The molecule has 7 nitrogen and oxygen atoms in total. The number of piperidine rings is 1. The van der Waals surface area contributed by atoms with E-state index in [0.717, 1.165) is 37.4 Å². The number of carbonyl (C=O) groups excluding carboxylic acids is 1. The van der Waals surface area contributed by atoms with Crippen molar-refractivity contribution in [3.8, 4) is 11.8 Å². The van der Waals surface area contributed by atoms with Gasteiger partial charge in [-0.3, -0.25) is 4.90 Å². The molecule has 0 bridgehead atoms. The summed E-state index contributed by atoms with van der Waals surface area (Å²) in [5.41, 5.74) is 1.32. The van der Waals surface area contributed by atoms with E-state index < -0.39 is 0 Å². The molecule has 0 saturated carbocycles. The Morgan fingerprint density at radius 1 is 1.15 bits per heavy atom. The largest absolute Gasteiger partial charge is 0.489 e. The molecule has 0 spiro atoms. The lowest BCUT2D eigenvalue weighted by molar-refractivity contribution is 0.170. The minimum atomic E-state index is -0.319. The zero-order valence-electron chi connectivity index (χ0n) is 14.9. The van der Waals surface area contributed by atoms with Gasteiger partial charge >= 0.3 is 6.09 Å². The Bertz CT molecular complexity index is 854. The first-order valence-electron chi connectivity index (χ1n) is 9.05. The topological polar surface area (TPSA) is 78.7 Å². The van der Waals surface area contributed by atoms with Gasteiger partial charge in [-0.2, -0.15) is 5.26 Å². The Labute approximate surface area is 157 Å². The minimum Gasteiger partial charge on any atom is -0.489 e. The molecule has 0 atom stereocenters. The highest BCUT2D eigenvalue weighted by atomic mass is 16.6. The van der Waals surface area contributed by atoms with E-state index in [-0.39, 0.29) is 12.2 Å². The quantitative estimate of drug-likeness (QED) is 0.830. The summed E-state index contributed by atoms with van der Waals surface area (Å²) in [5, 5.41) is 9.18. The zero-order chi connectivity index (χ0) is 18.6. The number of aromatic nitrogens is 1. The number of hydrogen-bond donors (Lipinski definition) is 0. The zero-order valence-corrected chi connectivity index (χ0v) is 14.9. The summed E-state index contributed by atoms with van der Waals surface area (Å²) in [6, 6.07) is 13.3. The second-order valence-electron chi connectivity index (χ2n) is 6.55. The molecule has 0 unspecified atom stereocenters. The first-order valence-corrected chi connectivity index (χ1v) is 9.05. The molecule has 1 amide bonds. The van der Waals surface area contributed by atoms with Crippen LogP contribution < -0.4 is 14.5 Å². The van der Waals surface area contributed by atoms with Gasteiger partial charge in [0.2, 0.25) is 0 Å². The highest BCUT2D eigenvalue weighted by Crippen LogP contribution is 2.26. The summed E-state index contributed by atoms with van der Waals surface area (Å²) >= 11 is 0. The van der Waals surface area contributed by atoms with E-state index >= 15 is 0 Å². The van der Waals surface area contributed by atoms with Crippen molar-refractivity contribution < 1.29 is 14.3 Å². The van der Waals surface area contributed by atoms with Crippen molar-refractivity contribution in [1.29, 1.82) is 5.26 Å². The average Bonchev–Trinajstić information content (AvgIpc) is 3.15. The number of nitriles is 1. The number of ether oxygens (including phenoxy) is 2. The van der Waals surface area contributed by atoms with Gasteiger partial charge in [0, 0.05) is 25.9 Å².